The van der Waals surface area contributed by atoms with Gasteiger partial charge in [-0.25, -0.2) is 4.79 Å². The Morgan fingerprint density at radius 1 is 1.31 bits per heavy atom. The summed E-state index contributed by atoms with van der Waals surface area (Å²) in [6, 6.07) is 5.01. The fourth-order valence-electron chi connectivity index (χ4n) is 2.59. The molecule has 9 heteroatoms. The highest BCUT2D eigenvalue weighted by molar-refractivity contribution is 5.89. The number of carbonyl (C=O) groups is 2. The summed E-state index contributed by atoms with van der Waals surface area (Å²) in [5.41, 5.74) is -0.693. The average molecular weight is 386 g/mol. The molecular formula is C17H24ClN3O5. The molecule has 26 heavy (non-hydrogen) atoms. The number of nitrogens with one attached hydrogen (secondary N) is 1. The second kappa shape index (κ2) is 8.95. The molecule has 0 bridgehead atoms. The standard InChI is InChI=1S/C17H23N3O5.ClH/c1-17(2,3)19(11-15(21)14-5-4-10-18-14)16(22)25-13-8-6-12(7-9-13)20(23)24;/h6-9,14,18H,4-5,10-11H2,1-3H3;1H/t14-;/m0./s1. The summed E-state index contributed by atoms with van der Waals surface area (Å²) in [5.74, 6) is 0.143. The van der Waals surface area contributed by atoms with Crippen LogP contribution < -0.4 is 10.1 Å². The minimum Gasteiger partial charge on any atom is -0.410 e. The van der Waals surface area contributed by atoms with E-state index in [1.165, 1.54) is 29.2 Å². The van der Waals surface area contributed by atoms with Crippen molar-refractivity contribution in [3.8, 4) is 5.75 Å². The largest absolute Gasteiger partial charge is 0.416 e. The number of benzene rings is 1. The molecule has 0 radical (unpaired) electrons. The molecule has 8 nitrogen and oxygen atoms in total. The lowest BCUT2D eigenvalue weighted by atomic mass is 10.0. The van der Waals surface area contributed by atoms with Gasteiger partial charge < -0.3 is 10.1 Å². The molecule has 1 N–H and O–H groups in total. The normalized spacial score (nSPS) is 16.5. The summed E-state index contributed by atoms with van der Waals surface area (Å²) in [7, 11) is 0. The zero-order valence-corrected chi connectivity index (χ0v) is 15.9. The number of rotatable bonds is 5. The third-order valence-electron chi connectivity index (χ3n) is 4.05. The van der Waals surface area contributed by atoms with Gasteiger partial charge >= 0.3 is 6.09 Å². The lowest BCUT2D eigenvalue weighted by molar-refractivity contribution is -0.384. The van der Waals surface area contributed by atoms with Gasteiger partial charge in [0.05, 0.1) is 17.5 Å². The van der Waals surface area contributed by atoms with E-state index in [9.17, 15) is 19.7 Å². The molecule has 1 atom stereocenters. The molecule has 1 aromatic rings. The lowest BCUT2D eigenvalue weighted by Gasteiger charge is -2.34. The van der Waals surface area contributed by atoms with Gasteiger partial charge in [0.15, 0.2) is 5.78 Å². The number of hydrogen-bond donors (Lipinski definition) is 1. The SMILES string of the molecule is CC(C)(C)N(CC(=O)[C@@H]1CCCN1)C(=O)Oc1ccc([N+](=O)[O-])cc1.Cl. The Hall–Kier alpha value is -2.19. The number of nitro groups is 1. The molecule has 0 aliphatic carbocycles. The maximum atomic E-state index is 12.5. The summed E-state index contributed by atoms with van der Waals surface area (Å²) in [6.07, 6.45) is 1.06. The number of hydrogen-bond acceptors (Lipinski definition) is 6. The monoisotopic (exact) mass is 385 g/mol. The Morgan fingerprint density at radius 3 is 2.38 bits per heavy atom. The molecule has 2 rings (SSSR count). The van der Waals surface area contributed by atoms with Gasteiger partial charge in [-0.2, -0.15) is 0 Å². The molecule has 0 spiro atoms. The van der Waals surface area contributed by atoms with Crippen LogP contribution in [0.15, 0.2) is 24.3 Å². The number of nitrogens with zero attached hydrogens (tertiary/aromatic N) is 2. The molecule has 1 aliphatic heterocycles. The van der Waals surface area contributed by atoms with Crippen LogP contribution >= 0.6 is 12.4 Å². The first-order chi connectivity index (χ1) is 11.7. The van der Waals surface area contributed by atoms with Crippen LogP contribution in [-0.4, -0.2) is 46.4 Å². The fraction of sp³-hybridized carbons (Fsp3) is 0.529. The summed E-state index contributed by atoms with van der Waals surface area (Å²) in [4.78, 5) is 36.4. The highest BCUT2D eigenvalue weighted by Gasteiger charge is 2.33. The van der Waals surface area contributed by atoms with Crippen LogP contribution in [0.1, 0.15) is 33.6 Å². The van der Waals surface area contributed by atoms with Crippen molar-refractivity contribution in [2.75, 3.05) is 13.1 Å². The van der Waals surface area contributed by atoms with Crippen molar-refractivity contribution in [1.29, 1.82) is 0 Å². The van der Waals surface area contributed by atoms with Gasteiger partial charge in [-0.15, -0.1) is 12.4 Å². The van der Waals surface area contributed by atoms with Crippen molar-refractivity contribution < 1.29 is 19.2 Å². The molecule has 0 saturated carbocycles. The molecule has 0 aromatic heterocycles. The van der Waals surface area contributed by atoms with E-state index in [4.69, 9.17) is 4.74 Å². The highest BCUT2D eigenvalue weighted by Crippen LogP contribution is 2.21. The first-order valence-corrected chi connectivity index (χ1v) is 8.18. The van der Waals surface area contributed by atoms with E-state index in [1.54, 1.807) is 0 Å². The van der Waals surface area contributed by atoms with Gasteiger partial charge in [-0.05, 0) is 52.3 Å². The first kappa shape index (κ1) is 21.9. The molecule has 1 aromatic carbocycles. The zero-order chi connectivity index (χ0) is 18.6. The maximum absolute atomic E-state index is 12.5. The van der Waals surface area contributed by atoms with Gasteiger partial charge in [0.1, 0.15) is 5.75 Å². The predicted octanol–water partition coefficient (Wildman–Crippen LogP) is 2.94. The molecule has 1 heterocycles. The van der Waals surface area contributed by atoms with Crippen molar-refractivity contribution in [1.82, 2.24) is 10.2 Å². The lowest BCUT2D eigenvalue weighted by Crippen LogP contribution is -2.51. The Balaban J connectivity index is 0.00000338. The van der Waals surface area contributed by atoms with Crippen molar-refractivity contribution in [3.63, 3.8) is 0 Å². The minimum absolute atomic E-state index is 0. The van der Waals surface area contributed by atoms with E-state index >= 15 is 0 Å². The third kappa shape index (κ3) is 5.67. The Morgan fingerprint density at radius 2 is 1.92 bits per heavy atom. The minimum atomic E-state index is -0.660. The van der Waals surface area contributed by atoms with Crippen LogP contribution in [0.3, 0.4) is 0 Å². The zero-order valence-electron chi connectivity index (χ0n) is 15.1. The predicted molar refractivity (Wildman–Crippen MR) is 98.9 cm³/mol. The molecule has 1 saturated heterocycles. The summed E-state index contributed by atoms with van der Waals surface area (Å²) in [6.45, 7) is 6.21. The van der Waals surface area contributed by atoms with E-state index in [0.29, 0.717) is 0 Å². The van der Waals surface area contributed by atoms with Gasteiger partial charge in [0, 0.05) is 17.7 Å². The molecule has 0 unspecified atom stereocenters. The number of halogens is 1. The third-order valence-corrected chi connectivity index (χ3v) is 4.05. The summed E-state index contributed by atoms with van der Waals surface area (Å²) < 4.78 is 5.29. The molecule has 1 fully saturated rings. The van der Waals surface area contributed by atoms with Crippen molar-refractivity contribution >= 4 is 30.0 Å². The number of ketones is 1. The molecule has 144 valence electrons. The van der Waals surface area contributed by atoms with Crippen molar-refractivity contribution in [2.24, 2.45) is 0 Å². The van der Waals surface area contributed by atoms with Gasteiger partial charge in [-0.1, -0.05) is 0 Å². The van der Waals surface area contributed by atoms with E-state index in [-0.39, 0.29) is 42.2 Å². The quantitative estimate of drug-likeness (QED) is 0.617. The van der Waals surface area contributed by atoms with Crippen molar-refractivity contribution in [3.05, 3.63) is 34.4 Å². The number of carbonyl (C=O) groups excluding carboxylic acids is 2. The van der Waals surface area contributed by atoms with E-state index < -0.39 is 16.6 Å². The number of non-ortho nitro benzene ring substituents is 1. The van der Waals surface area contributed by atoms with Crippen LogP contribution in [0.4, 0.5) is 10.5 Å². The van der Waals surface area contributed by atoms with Crippen molar-refractivity contribution in [2.45, 2.75) is 45.2 Å². The van der Waals surface area contributed by atoms with Gasteiger partial charge in [0.2, 0.25) is 0 Å². The number of amides is 1. The van der Waals surface area contributed by atoms with Crippen LogP contribution in [0.2, 0.25) is 0 Å². The number of nitro benzene ring substituents is 1. The second-order valence-electron chi connectivity index (χ2n) is 6.99. The molecular weight excluding hydrogens is 362 g/mol. The Bertz CT molecular complexity index is 651. The smallest absolute Gasteiger partial charge is 0.410 e. The summed E-state index contributed by atoms with van der Waals surface area (Å²) in [5, 5.41) is 13.8. The average Bonchev–Trinajstić information content (AvgIpc) is 3.06. The molecule has 1 amide bonds. The highest BCUT2D eigenvalue weighted by atomic mass is 35.5. The van der Waals surface area contributed by atoms with E-state index in [2.05, 4.69) is 5.32 Å². The summed E-state index contributed by atoms with van der Waals surface area (Å²) >= 11 is 0. The van der Waals surface area contributed by atoms with Crippen LogP contribution in [0, 0.1) is 10.1 Å². The Kier molecular flexibility index (Phi) is 7.53. The van der Waals surface area contributed by atoms with Crippen LogP contribution in [-0.2, 0) is 4.79 Å². The topological polar surface area (TPSA) is 102 Å². The molecule has 1 aliphatic rings. The number of Topliss-reactive ketones (excluding diaryl/α,β-unsaturated/α-hetero) is 1. The van der Waals surface area contributed by atoms with Crippen LogP contribution in [0.25, 0.3) is 0 Å². The number of ether oxygens (including phenoxy) is 1. The van der Waals surface area contributed by atoms with Gasteiger partial charge in [-0.3, -0.25) is 19.8 Å². The Labute approximate surface area is 158 Å². The van der Waals surface area contributed by atoms with Gasteiger partial charge in [0.25, 0.3) is 5.69 Å². The van der Waals surface area contributed by atoms with Crippen LogP contribution in [0.5, 0.6) is 5.75 Å². The second-order valence-corrected chi connectivity index (χ2v) is 6.99. The fourth-order valence-corrected chi connectivity index (χ4v) is 2.59. The van der Waals surface area contributed by atoms with E-state index in [1.807, 2.05) is 20.8 Å². The maximum Gasteiger partial charge on any atom is 0.416 e. The van der Waals surface area contributed by atoms with E-state index in [0.717, 1.165) is 19.4 Å². The first-order valence-electron chi connectivity index (χ1n) is 8.18.